The van der Waals surface area contributed by atoms with E-state index in [1.807, 2.05) is 22.6 Å². The first kappa shape index (κ1) is 11.2. The summed E-state index contributed by atoms with van der Waals surface area (Å²) in [7, 11) is 0. The molecule has 0 aliphatic rings. The van der Waals surface area contributed by atoms with Gasteiger partial charge in [0.25, 0.3) is 0 Å². The molecule has 3 nitrogen and oxygen atoms in total. The van der Waals surface area contributed by atoms with Gasteiger partial charge in [-0.05, 0) is 40.8 Å². The van der Waals surface area contributed by atoms with Gasteiger partial charge in [-0.15, -0.1) is 0 Å². The van der Waals surface area contributed by atoms with Gasteiger partial charge < -0.3 is 5.32 Å². The van der Waals surface area contributed by atoms with Crippen molar-refractivity contribution in [2.75, 3.05) is 5.32 Å². The Bertz CT molecular complexity index is 519. The summed E-state index contributed by atoms with van der Waals surface area (Å²) in [5.41, 5.74) is 0.667. The highest BCUT2D eigenvalue weighted by Crippen LogP contribution is 2.22. The standard InChI is InChI=1S/C10H6F2IN3/c11-6-1-2-8(7(13)3-6)16-10-4-9(12)14-5-15-10/h1-5H,(H,14,15,16). The van der Waals surface area contributed by atoms with Gasteiger partial charge in [-0.1, -0.05) is 0 Å². The van der Waals surface area contributed by atoms with Crippen LogP contribution in [0.25, 0.3) is 0 Å². The number of halogens is 3. The van der Waals surface area contributed by atoms with Crippen molar-refractivity contribution in [1.82, 2.24) is 9.97 Å². The van der Waals surface area contributed by atoms with E-state index < -0.39 is 5.95 Å². The molecule has 0 saturated heterocycles. The van der Waals surface area contributed by atoms with E-state index in [0.29, 0.717) is 15.1 Å². The minimum Gasteiger partial charge on any atom is -0.339 e. The molecule has 0 amide bonds. The van der Waals surface area contributed by atoms with Crippen molar-refractivity contribution >= 4 is 34.1 Å². The van der Waals surface area contributed by atoms with Gasteiger partial charge >= 0.3 is 0 Å². The number of hydrogen-bond acceptors (Lipinski definition) is 3. The third kappa shape index (κ3) is 2.63. The van der Waals surface area contributed by atoms with Crippen LogP contribution in [0.1, 0.15) is 0 Å². The van der Waals surface area contributed by atoms with Crippen LogP contribution in [0, 0.1) is 15.3 Å². The highest BCUT2D eigenvalue weighted by Gasteiger charge is 2.03. The SMILES string of the molecule is Fc1ccc(Nc2cc(F)ncn2)c(I)c1. The maximum atomic E-state index is 12.8. The Morgan fingerprint density at radius 2 is 1.94 bits per heavy atom. The molecule has 2 rings (SSSR count). The summed E-state index contributed by atoms with van der Waals surface area (Å²) in [6.45, 7) is 0. The Labute approximate surface area is 104 Å². The number of benzene rings is 1. The van der Waals surface area contributed by atoms with Gasteiger partial charge in [0, 0.05) is 9.64 Å². The lowest BCUT2D eigenvalue weighted by atomic mass is 10.3. The van der Waals surface area contributed by atoms with E-state index in [1.165, 1.54) is 18.2 Å². The number of aromatic nitrogens is 2. The maximum Gasteiger partial charge on any atom is 0.218 e. The van der Waals surface area contributed by atoms with E-state index in [2.05, 4.69) is 15.3 Å². The molecule has 0 atom stereocenters. The summed E-state index contributed by atoms with van der Waals surface area (Å²) in [6.07, 6.45) is 1.12. The van der Waals surface area contributed by atoms with Gasteiger partial charge in [0.1, 0.15) is 18.0 Å². The van der Waals surface area contributed by atoms with Crippen LogP contribution in [0.2, 0.25) is 0 Å². The highest BCUT2D eigenvalue weighted by molar-refractivity contribution is 14.1. The Hall–Kier alpha value is -1.31. The molecule has 6 heteroatoms. The smallest absolute Gasteiger partial charge is 0.218 e. The van der Waals surface area contributed by atoms with E-state index in [4.69, 9.17) is 0 Å². The number of nitrogens with zero attached hydrogens (tertiary/aromatic N) is 2. The fourth-order valence-corrected chi connectivity index (χ4v) is 1.74. The van der Waals surface area contributed by atoms with Crippen molar-refractivity contribution in [3.8, 4) is 0 Å². The van der Waals surface area contributed by atoms with Gasteiger partial charge in [0.2, 0.25) is 5.95 Å². The largest absolute Gasteiger partial charge is 0.339 e. The lowest BCUT2D eigenvalue weighted by Gasteiger charge is -2.07. The second-order valence-electron chi connectivity index (χ2n) is 2.98. The molecule has 0 radical (unpaired) electrons. The molecule has 1 aromatic carbocycles. The van der Waals surface area contributed by atoms with E-state index in [1.54, 1.807) is 6.07 Å². The van der Waals surface area contributed by atoms with E-state index in [-0.39, 0.29) is 5.82 Å². The highest BCUT2D eigenvalue weighted by atomic mass is 127. The number of anilines is 2. The van der Waals surface area contributed by atoms with Crippen LogP contribution in [-0.4, -0.2) is 9.97 Å². The van der Waals surface area contributed by atoms with Gasteiger partial charge in [0.05, 0.1) is 5.69 Å². The molecule has 0 aliphatic carbocycles. The maximum absolute atomic E-state index is 12.8. The Morgan fingerprint density at radius 3 is 2.62 bits per heavy atom. The average Bonchev–Trinajstić information content (AvgIpc) is 2.22. The molecule has 1 heterocycles. The molecule has 0 bridgehead atoms. The lowest BCUT2D eigenvalue weighted by Crippen LogP contribution is -1.97. The number of hydrogen-bond donors (Lipinski definition) is 1. The minimum absolute atomic E-state index is 0.316. The average molecular weight is 333 g/mol. The second kappa shape index (κ2) is 4.69. The predicted molar refractivity (Wildman–Crippen MR) is 64.4 cm³/mol. The molecule has 1 N–H and O–H groups in total. The topological polar surface area (TPSA) is 37.8 Å². The van der Waals surface area contributed by atoms with Crippen molar-refractivity contribution in [3.63, 3.8) is 0 Å². The van der Waals surface area contributed by atoms with E-state index in [0.717, 1.165) is 6.33 Å². The summed E-state index contributed by atoms with van der Waals surface area (Å²) in [5, 5.41) is 2.87. The van der Waals surface area contributed by atoms with Gasteiger partial charge in [-0.25, -0.2) is 14.4 Å². The molecular weight excluding hydrogens is 327 g/mol. The van der Waals surface area contributed by atoms with E-state index in [9.17, 15) is 8.78 Å². The quantitative estimate of drug-likeness (QED) is 0.678. The molecule has 0 fully saturated rings. The molecule has 82 valence electrons. The molecular formula is C10H6F2IN3. The molecule has 0 unspecified atom stereocenters. The van der Waals surface area contributed by atoms with Crippen molar-refractivity contribution in [1.29, 1.82) is 0 Å². The Morgan fingerprint density at radius 1 is 1.12 bits per heavy atom. The monoisotopic (exact) mass is 333 g/mol. The minimum atomic E-state index is -0.616. The summed E-state index contributed by atoms with van der Waals surface area (Å²) in [4.78, 5) is 7.18. The predicted octanol–water partition coefficient (Wildman–Crippen LogP) is 3.10. The number of nitrogens with one attached hydrogen (secondary N) is 1. The molecule has 0 spiro atoms. The molecule has 0 saturated carbocycles. The van der Waals surface area contributed by atoms with Gasteiger partial charge in [-0.2, -0.15) is 4.39 Å². The third-order valence-corrected chi connectivity index (χ3v) is 2.72. The molecule has 1 aromatic heterocycles. The zero-order chi connectivity index (χ0) is 11.5. The first-order valence-electron chi connectivity index (χ1n) is 4.35. The van der Waals surface area contributed by atoms with E-state index >= 15 is 0 Å². The van der Waals surface area contributed by atoms with Crippen LogP contribution in [0.4, 0.5) is 20.3 Å². The zero-order valence-electron chi connectivity index (χ0n) is 7.92. The fraction of sp³-hybridized carbons (Fsp3) is 0. The first-order valence-corrected chi connectivity index (χ1v) is 5.42. The third-order valence-electron chi connectivity index (χ3n) is 1.83. The van der Waals surface area contributed by atoms with Crippen molar-refractivity contribution in [2.24, 2.45) is 0 Å². The first-order chi connectivity index (χ1) is 7.65. The van der Waals surface area contributed by atoms with Crippen LogP contribution < -0.4 is 5.32 Å². The van der Waals surface area contributed by atoms with Crippen LogP contribution in [0.3, 0.4) is 0 Å². The fourth-order valence-electron chi connectivity index (χ4n) is 1.13. The Balaban J connectivity index is 2.27. The molecule has 16 heavy (non-hydrogen) atoms. The molecule has 2 aromatic rings. The van der Waals surface area contributed by atoms with Crippen LogP contribution >= 0.6 is 22.6 Å². The van der Waals surface area contributed by atoms with Crippen LogP contribution in [0.15, 0.2) is 30.6 Å². The zero-order valence-corrected chi connectivity index (χ0v) is 10.1. The van der Waals surface area contributed by atoms with Gasteiger partial charge in [-0.3, -0.25) is 0 Å². The Kier molecular flexibility index (Phi) is 3.28. The summed E-state index contributed by atoms with van der Waals surface area (Å²) in [5.74, 6) is -0.601. The second-order valence-corrected chi connectivity index (χ2v) is 4.14. The van der Waals surface area contributed by atoms with Crippen LogP contribution in [0.5, 0.6) is 0 Å². The lowest BCUT2D eigenvalue weighted by molar-refractivity contribution is 0.580. The summed E-state index contributed by atoms with van der Waals surface area (Å²) < 4.78 is 26.3. The summed E-state index contributed by atoms with van der Waals surface area (Å²) >= 11 is 1.98. The normalized spacial score (nSPS) is 10.2. The summed E-state index contributed by atoms with van der Waals surface area (Å²) in [6, 6.07) is 5.43. The van der Waals surface area contributed by atoms with Crippen molar-refractivity contribution in [2.45, 2.75) is 0 Å². The number of rotatable bonds is 2. The van der Waals surface area contributed by atoms with Gasteiger partial charge in [0.15, 0.2) is 0 Å². The van der Waals surface area contributed by atoms with Crippen LogP contribution in [-0.2, 0) is 0 Å². The van der Waals surface area contributed by atoms with Crippen molar-refractivity contribution in [3.05, 3.63) is 45.9 Å². The van der Waals surface area contributed by atoms with Crippen molar-refractivity contribution < 1.29 is 8.78 Å². The molecule has 0 aliphatic heterocycles.